The van der Waals surface area contributed by atoms with E-state index in [0.717, 1.165) is 22.6 Å². The molecule has 2 fully saturated rings. The molecule has 0 spiro atoms. The summed E-state index contributed by atoms with van der Waals surface area (Å²) in [7, 11) is 3.21. The zero-order valence-electron chi connectivity index (χ0n) is 24.5. The van der Waals surface area contributed by atoms with Gasteiger partial charge in [0.25, 0.3) is 11.8 Å². The molecule has 0 N–H and O–H groups in total. The fourth-order valence-corrected chi connectivity index (χ4v) is 6.08. The topological polar surface area (TPSA) is 59.1 Å². The summed E-state index contributed by atoms with van der Waals surface area (Å²) in [4.78, 5) is 28.9. The van der Waals surface area contributed by atoms with E-state index in [9.17, 15) is 9.59 Å². The molecule has 0 saturated carbocycles. The third kappa shape index (κ3) is 6.14. The molecular formula is C32H36Cl4N2O4. The molecule has 2 aromatic rings. The molecule has 0 bridgehead atoms. The lowest BCUT2D eigenvalue weighted by Gasteiger charge is -2.49. The van der Waals surface area contributed by atoms with E-state index in [-0.39, 0.29) is 11.8 Å². The van der Waals surface area contributed by atoms with Crippen LogP contribution in [0.3, 0.4) is 0 Å². The first-order chi connectivity index (χ1) is 19.5. The first-order valence-corrected chi connectivity index (χ1v) is 15.1. The quantitative estimate of drug-likeness (QED) is 0.145. The number of carbonyl (C=O) groups excluding carboxylic acids is 2. The van der Waals surface area contributed by atoms with Crippen molar-refractivity contribution in [1.82, 2.24) is 9.80 Å². The first kappa shape index (κ1) is 32.5. The lowest BCUT2D eigenvalue weighted by Crippen LogP contribution is -2.67. The van der Waals surface area contributed by atoms with Gasteiger partial charge in [-0.25, -0.2) is 0 Å². The smallest absolute Gasteiger partial charge is 0.262 e. The standard InChI is InChI=1S/C32H36Cl4N2O4/c1-29(2,17-15-25-31(33,34)27(39)37(25)19-21-7-11-23(41-5)12-8-21)30(3,4)18-16-26-32(35,36)28(40)38(26)20-22-9-13-24(42-6)14-10-22/h7-18,25-26H,19-20H2,1-6H3/b17-15+,18-16+. The highest BCUT2D eigenvalue weighted by Crippen LogP contribution is 2.47. The van der Waals surface area contributed by atoms with Crippen molar-refractivity contribution in [2.45, 2.75) is 61.5 Å². The lowest BCUT2D eigenvalue weighted by molar-refractivity contribution is -0.146. The fourth-order valence-electron chi connectivity index (χ4n) is 4.89. The number of rotatable bonds is 11. The van der Waals surface area contributed by atoms with Crippen LogP contribution >= 0.6 is 46.4 Å². The molecule has 42 heavy (non-hydrogen) atoms. The Morgan fingerprint density at radius 2 is 0.976 bits per heavy atom. The number of methoxy groups -OCH3 is 2. The summed E-state index contributed by atoms with van der Waals surface area (Å²) in [6.07, 6.45) is 7.86. The molecular weight excluding hydrogens is 618 g/mol. The normalized spacial score (nSPS) is 22.0. The number of allylic oxidation sites excluding steroid dienone is 2. The van der Waals surface area contributed by atoms with E-state index in [1.807, 2.05) is 72.8 Å². The monoisotopic (exact) mass is 652 g/mol. The van der Waals surface area contributed by atoms with Crippen molar-refractivity contribution in [3.05, 3.63) is 84.0 Å². The van der Waals surface area contributed by atoms with Gasteiger partial charge in [0.2, 0.25) is 8.67 Å². The van der Waals surface area contributed by atoms with E-state index in [2.05, 4.69) is 27.7 Å². The number of alkyl halides is 4. The van der Waals surface area contributed by atoms with Gasteiger partial charge in [0.05, 0.1) is 26.3 Å². The number of amides is 2. The van der Waals surface area contributed by atoms with Crippen LogP contribution in [0.1, 0.15) is 38.8 Å². The molecule has 226 valence electrons. The third-order valence-electron chi connectivity index (χ3n) is 8.58. The van der Waals surface area contributed by atoms with Gasteiger partial charge >= 0.3 is 0 Å². The zero-order chi connectivity index (χ0) is 31.1. The summed E-state index contributed by atoms with van der Waals surface area (Å²) in [6, 6.07) is 14.0. The maximum atomic E-state index is 12.8. The van der Waals surface area contributed by atoms with Crippen LogP contribution < -0.4 is 9.47 Å². The number of carbonyl (C=O) groups is 2. The summed E-state index contributed by atoms with van der Waals surface area (Å²) in [5.74, 6) is 0.810. The van der Waals surface area contributed by atoms with Gasteiger partial charge in [0.1, 0.15) is 11.5 Å². The van der Waals surface area contributed by atoms with Gasteiger partial charge < -0.3 is 19.3 Å². The largest absolute Gasteiger partial charge is 0.497 e. The summed E-state index contributed by atoms with van der Waals surface area (Å²) >= 11 is 25.8. The summed E-state index contributed by atoms with van der Waals surface area (Å²) in [5, 5.41) is 0. The Morgan fingerprint density at radius 1 is 0.667 bits per heavy atom. The Balaban J connectivity index is 1.48. The molecule has 0 aromatic heterocycles. The fraction of sp³-hybridized carbons (Fsp3) is 0.438. The molecule has 0 radical (unpaired) electrons. The molecule has 2 amide bonds. The van der Waals surface area contributed by atoms with Crippen LogP contribution in [0.2, 0.25) is 0 Å². The van der Waals surface area contributed by atoms with Gasteiger partial charge in [-0.3, -0.25) is 9.59 Å². The van der Waals surface area contributed by atoms with Crippen LogP contribution in [0.25, 0.3) is 0 Å². The van der Waals surface area contributed by atoms with Crippen LogP contribution in [-0.4, -0.2) is 56.6 Å². The minimum Gasteiger partial charge on any atom is -0.497 e. The Morgan fingerprint density at radius 3 is 1.26 bits per heavy atom. The molecule has 2 unspecified atom stereocenters. The van der Waals surface area contributed by atoms with Gasteiger partial charge in [-0.05, 0) is 46.2 Å². The maximum absolute atomic E-state index is 12.8. The van der Waals surface area contributed by atoms with E-state index < -0.39 is 31.6 Å². The molecule has 10 heteroatoms. The highest BCUT2D eigenvalue weighted by Gasteiger charge is 2.59. The minimum absolute atomic E-state index is 0.333. The number of ether oxygens (including phenoxy) is 2. The Hall–Kier alpha value is -2.38. The van der Waals surface area contributed by atoms with Crippen LogP contribution in [0.15, 0.2) is 72.8 Å². The van der Waals surface area contributed by atoms with Crippen molar-refractivity contribution >= 4 is 58.2 Å². The van der Waals surface area contributed by atoms with Gasteiger partial charge in [-0.1, -0.05) is 123 Å². The number of benzene rings is 2. The second-order valence-corrected chi connectivity index (χ2v) is 14.6. The number of likely N-dealkylation sites (tertiary alicyclic amines) is 2. The second kappa shape index (κ2) is 12.0. The molecule has 2 aliphatic rings. The van der Waals surface area contributed by atoms with Gasteiger partial charge in [-0.2, -0.15) is 0 Å². The highest BCUT2D eigenvalue weighted by molar-refractivity contribution is 6.61. The van der Waals surface area contributed by atoms with Crippen LogP contribution in [0.4, 0.5) is 0 Å². The number of hydrogen-bond donors (Lipinski definition) is 0. The predicted molar refractivity (Wildman–Crippen MR) is 169 cm³/mol. The van der Waals surface area contributed by atoms with Crippen molar-refractivity contribution < 1.29 is 19.1 Å². The first-order valence-electron chi connectivity index (χ1n) is 13.6. The SMILES string of the molecule is COc1ccc(CN2C(=O)C(Cl)(Cl)C2/C=C/C(C)(C)C(C)(C)/C=C/C2N(Cc3ccc(OC)cc3)C(=O)C2(Cl)Cl)cc1. The molecule has 2 aliphatic heterocycles. The molecule has 2 saturated heterocycles. The number of nitrogens with zero attached hydrogens (tertiary/aromatic N) is 2. The Kier molecular flexibility index (Phi) is 9.26. The Bertz CT molecular complexity index is 1260. The van der Waals surface area contributed by atoms with Crippen molar-refractivity contribution in [1.29, 1.82) is 0 Å². The van der Waals surface area contributed by atoms with E-state index in [1.54, 1.807) is 24.0 Å². The summed E-state index contributed by atoms with van der Waals surface area (Å²) in [6.45, 7) is 9.08. The van der Waals surface area contributed by atoms with Gasteiger partial charge in [0, 0.05) is 13.1 Å². The molecule has 2 heterocycles. The van der Waals surface area contributed by atoms with Crippen molar-refractivity contribution in [3.63, 3.8) is 0 Å². The predicted octanol–water partition coefficient (Wildman–Crippen LogP) is 7.34. The molecule has 6 nitrogen and oxygen atoms in total. The molecule has 2 atom stereocenters. The van der Waals surface area contributed by atoms with Crippen LogP contribution in [0.5, 0.6) is 11.5 Å². The zero-order valence-corrected chi connectivity index (χ0v) is 27.6. The van der Waals surface area contributed by atoms with Crippen LogP contribution in [0, 0.1) is 10.8 Å². The second-order valence-electron chi connectivity index (χ2n) is 11.9. The summed E-state index contributed by atoms with van der Waals surface area (Å²) < 4.78 is 7.37. The highest BCUT2D eigenvalue weighted by atomic mass is 35.5. The average Bonchev–Trinajstić information content (AvgIpc) is 2.95. The molecule has 4 rings (SSSR count). The molecule has 0 aliphatic carbocycles. The van der Waals surface area contributed by atoms with E-state index in [4.69, 9.17) is 55.9 Å². The van der Waals surface area contributed by atoms with Crippen LogP contribution in [-0.2, 0) is 22.7 Å². The average molecular weight is 654 g/mol. The molecule has 2 aromatic carbocycles. The van der Waals surface area contributed by atoms with Gasteiger partial charge in [0.15, 0.2) is 0 Å². The van der Waals surface area contributed by atoms with Crippen molar-refractivity contribution in [2.75, 3.05) is 14.2 Å². The minimum atomic E-state index is -1.54. The third-order valence-corrected chi connectivity index (χ3v) is 10.1. The van der Waals surface area contributed by atoms with E-state index in [1.165, 1.54) is 0 Å². The van der Waals surface area contributed by atoms with Gasteiger partial charge in [-0.15, -0.1) is 0 Å². The number of β-lactam (4-membered cyclic amide) rings is 2. The lowest BCUT2D eigenvalue weighted by atomic mass is 9.67. The van der Waals surface area contributed by atoms with E-state index in [0.29, 0.717) is 13.1 Å². The summed E-state index contributed by atoms with van der Waals surface area (Å²) in [5.41, 5.74) is 1.06. The maximum Gasteiger partial charge on any atom is 0.262 e. The number of halogens is 4. The van der Waals surface area contributed by atoms with E-state index >= 15 is 0 Å². The van der Waals surface area contributed by atoms with Crippen molar-refractivity contribution in [2.24, 2.45) is 10.8 Å². The number of hydrogen-bond acceptors (Lipinski definition) is 4. The Labute approximate surface area is 268 Å². The van der Waals surface area contributed by atoms with Crippen molar-refractivity contribution in [3.8, 4) is 11.5 Å².